The van der Waals surface area contributed by atoms with Crippen LogP contribution in [0.5, 0.6) is 0 Å². The van der Waals surface area contributed by atoms with Crippen LogP contribution in [0.4, 0.5) is 5.69 Å². The third-order valence-electron chi connectivity index (χ3n) is 5.58. The van der Waals surface area contributed by atoms with Crippen molar-refractivity contribution in [3.05, 3.63) is 30.1 Å². The third kappa shape index (κ3) is 3.68. The molecule has 1 saturated carbocycles. The molecule has 0 radical (unpaired) electrons. The summed E-state index contributed by atoms with van der Waals surface area (Å²) in [5, 5.41) is 26.2. The number of morpholine rings is 1. The quantitative estimate of drug-likeness (QED) is 0.826. The summed E-state index contributed by atoms with van der Waals surface area (Å²) in [7, 11) is 0. The number of aliphatic hydroxyl groups is 1. The van der Waals surface area contributed by atoms with Gasteiger partial charge in [0.15, 0.2) is 6.10 Å². The molecule has 1 aliphatic heterocycles. The first-order valence-corrected chi connectivity index (χ1v) is 9.81. The van der Waals surface area contributed by atoms with Gasteiger partial charge in [-0.05, 0) is 50.8 Å². The van der Waals surface area contributed by atoms with Crippen LogP contribution in [0.3, 0.4) is 0 Å². The van der Waals surface area contributed by atoms with Crippen molar-refractivity contribution in [1.29, 1.82) is 5.26 Å². The Kier molecular flexibility index (Phi) is 5.20. The Labute approximate surface area is 163 Å². The fourth-order valence-electron chi connectivity index (χ4n) is 4.16. The first-order valence-electron chi connectivity index (χ1n) is 9.81. The molecule has 2 atom stereocenters. The minimum Gasteiger partial charge on any atom is -0.393 e. The molecule has 8 heteroatoms. The lowest BCUT2D eigenvalue weighted by molar-refractivity contribution is -0.138. The minimum absolute atomic E-state index is 0.0987. The molecular formula is C20H25N5O3. The van der Waals surface area contributed by atoms with E-state index in [1.54, 1.807) is 16.8 Å². The molecule has 1 aliphatic carbocycles. The third-order valence-corrected chi connectivity index (χ3v) is 5.58. The molecular weight excluding hydrogens is 358 g/mol. The van der Waals surface area contributed by atoms with E-state index in [2.05, 4.69) is 21.4 Å². The molecule has 2 aromatic rings. The fourth-order valence-corrected chi connectivity index (χ4v) is 4.16. The summed E-state index contributed by atoms with van der Waals surface area (Å²) in [6, 6.07) is 7.77. The lowest BCUT2D eigenvalue weighted by Crippen LogP contribution is -2.54. The van der Waals surface area contributed by atoms with Gasteiger partial charge in [0.1, 0.15) is 11.8 Å². The zero-order valence-electron chi connectivity index (χ0n) is 15.9. The molecule has 2 aromatic heterocycles. The van der Waals surface area contributed by atoms with Crippen LogP contribution < -0.4 is 10.2 Å². The molecule has 2 N–H and O–H groups in total. The Morgan fingerprint density at radius 3 is 2.82 bits per heavy atom. The van der Waals surface area contributed by atoms with Gasteiger partial charge in [-0.25, -0.2) is 4.52 Å². The average Bonchev–Trinajstić information content (AvgIpc) is 3.18. The van der Waals surface area contributed by atoms with Crippen LogP contribution in [0, 0.1) is 11.3 Å². The number of pyridine rings is 1. The van der Waals surface area contributed by atoms with Crippen LogP contribution in [0.1, 0.15) is 38.3 Å². The van der Waals surface area contributed by atoms with Gasteiger partial charge in [-0.15, -0.1) is 0 Å². The number of anilines is 1. The van der Waals surface area contributed by atoms with Crippen molar-refractivity contribution in [3.8, 4) is 6.07 Å². The van der Waals surface area contributed by atoms with Crippen molar-refractivity contribution < 1.29 is 14.6 Å². The molecule has 0 aromatic carbocycles. The molecule has 0 bridgehead atoms. The molecule has 1 amide bonds. The predicted molar refractivity (Wildman–Crippen MR) is 103 cm³/mol. The number of hydrogen-bond donors (Lipinski definition) is 2. The van der Waals surface area contributed by atoms with E-state index < -0.39 is 6.10 Å². The number of nitrogens with zero attached hydrogens (tertiary/aromatic N) is 4. The van der Waals surface area contributed by atoms with Gasteiger partial charge in [0.25, 0.3) is 5.91 Å². The lowest BCUT2D eigenvalue weighted by atomic mass is 9.93. The summed E-state index contributed by atoms with van der Waals surface area (Å²) in [5.41, 5.74) is 2.25. The van der Waals surface area contributed by atoms with Crippen LogP contribution in [0.15, 0.2) is 24.4 Å². The Hall–Kier alpha value is -2.63. The van der Waals surface area contributed by atoms with Gasteiger partial charge in [-0.3, -0.25) is 4.79 Å². The summed E-state index contributed by atoms with van der Waals surface area (Å²) in [4.78, 5) is 14.9. The number of hydrogen-bond acceptors (Lipinski definition) is 6. The first-order chi connectivity index (χ1) is 13.5. The predicted octanol–water partition coefficient (Wildman–Crippen LogP) is 1.22. The molecule has 2 unspecified atom stereocenters. The number of ether oxygens (including phenoxy) is 1. The standard InChI is InChI=1S/C20H25N5O3/c1-13-11-24(17-7-4-15(10-21)25-18(17)8-9-22-25)12-19(28-13)20(27)23-14-2-5-16(26)6-3-14/h4,7-9,13-14,16,19,26H,2-3,5-6,11-12H2,1H3,(H,23,27). The van der Waals surface area contributed by atoms with Gasteiger partial charge >= 0.3 is 0 Å². The smallest absolute Gasteiger partial charge is 0.251 e. The van der Waals surface area contributed by atoms with Crippen LogP contribution in [0.25, 0.3) is 5.52 Å². The zero-order valence-corrected chi connectivity index (χ0v) is 15.9. The van der Waals surface area contributed by atoms with Gasteiger partial charge in [-0.1, -0.05) is 0 Å². The van der Waals surface area contributed by atoms with E-state index in [1.807, 2.05) is 19.1 Å². The van der Waals surface area contributed by atoms with Gasteiger partial charge in [-0.2, -0.15) is 10.4 Å². The lowest BCUT2D eigenvalue weighted by Gasteiger charge is -2.38. The Morgan fingerprint density at radius 2 is 2.07 bits per heavy atom. The monoisotopic (exact) mass is 383 g/mol. The van der Waals surface area contributed by atoms with Gasteiger partial charge in [0.05, 0.1) is 36.2 Å². The van der Waals surface area contributed by atoms with Gasteiger partial charge in [0, 0.05) is 12.6 Å². The van der Waals surface area contributed by atoms with Crippen LogP contribution in [-0.2, 0) is 9.53 Å². The highest BCUT2D eigenvalue weighted by Gasteiger charge is 2.33. The van der Waals surface area contributed by atoms with E-state index in [9.17, 15) is 15.2 Å². The van der Waals surface area contributed by atoms with Crippen LogP contribution in [0.2, 0.25) is 0 Å². The maximum atomic E-state index is 12.8. The largest absolute Gasteiger partial charge is 0.393 e. The van der Waals surface area contributed by atoms with E-state index in [0.717, 1.165) is 36.9 Å². The summed E-state index contributed by atoms with van der Waals surface area (Å²) >= 11 is 0. The molecule has 8 nitrogen and oxygen atoms in total. The number of fused-ring (bicyclic) bond motifs is 1. The molecule has 4 rings (SSSR count). The molecule has 2 aliphatic rings. The second kappa shape index (κ2) is 7.78. The normalized spacial score (nSPS) is 28.1. The maximum Gasteiger partial charge on any atom is 0.251 e. The molecule has 3 heterocycles. The van der Waals surface area contributed by atoms with Crippen molar-refractivity contribution in [2.45, 2.75) is 57.0 Å². The maximum absolute atomic E-state index is 12.8. The highest BCUT2D eigenvalue weighted by Crippen LogP contribution is 2.27. The topological polar surface area (TPSA) is 103 Å². The van der Waals surface area contributed by atoms with E-state index in [4.69, 9.17) is 4.74 Å². The SMILES string of the molecule is CC1CN(c2ccc(C#N)n3nccc23)CC(C(=O)NC2CCC(O)CC2)O1. The van der Waals surface area contributed by atoms with Crippen molar-refractivity contribution in [1.82, 2.24) is 14.9 Å². The van der Waals surface area contributed by atoms with E-state index >= 15 is 0 Å². The molecule has 0 spiro atoms. The second-order valence-electron chi connectivity index (χ2n) is 7.70. The minimum atomic E-state index is -0.561. The van der Waals surface area contributed by atoms with Crippen LogP contribution >= 0.6 is 0 Å². The van der Waals surface area contributed by atoms with Crippen molar-refractivity contribution in [2.24, 2.45) is 0 Å². The number of rotatable bonds is 3. The van der Waals surface area contributed by atoms with Crippen molar-refractivity contribution >= 4 is 17.1 Å². The number of carbonyl (C=O) groups is 1. The van der Waals surface area contributed by atoms with E-state index in [1.165, 1.54) is 0 Å². The summed E-state index contributed by atoms with van der Waals surface area (Å²) < 4.78 is 7.55. The summed E-state index contributed by atoms with van der Waals surface area (Å²) in [6.45, 7) is 3.06. The summed E-state index contributed by atoms with van der Waals surface area (Å²) in [5.74, 6) is -0.101. The summed E-state index contributed by atoms with van der Waals surface area (Å²) in [6.07, 6.45) is 3.81. The zero-order chi connectivity index (χ0) is 19.7. The van der Waals surface area contributed by atoms with Crippen molar-refractivity contribution in [2.75, 3.05) is 18.0 Å². The van der Waals surface area contributed by atoms with E-state index in [0.29, 0.717) is 18.8 Å². The van der Waals surface area contributed by atoms with Gasteiger partial charge < -0.3 is 20.1 Å². The van der Waals surface area contributed by atoms with E-state index in [-0.39, 0.29) is 24.2 Å². The molecule has 28 heavy (non-hydrogen) atoms. The first kappa shape index (κ1) is 18.7. The Morgan fingerprint density at radius 1 is 1.29 bits per heavy atom. The highest BCUT2D eigenvalue weighted by atomic mass is 16.5. The van der Waals surface area contributed by atoms with Crippen molar-refractivity contribution in [3.63, 3.8) is 0 Å². The fraction of sp³-hybridized carbons (Fsp3) is 0.550. The second-order valence-corrected chi connectivity index (χ2v) is 7.70. The highest BCUT2D eigenvalue weighted by molar-refractivity contribution is 5.83. The Balaban J connectivity index is 1.50. The molecule has 1 saturated heterocycles. The number of nitrogens with one attached hydrogen (secondary N) is 1. The molecule has 2 fully saturated rings. The Bertz CT molecular complexity index is 897. The van der Waals surface area contributed by atoms with Crippen LogP contribution in [-0.4, -0.2) is 58.1 Å². The number of aromatic nitrogens is 2. The average molecular weight is 383 g/mol. The van der Waals surface area contributed by atoms with Gasteiger partial charge in [0.2, 0.25) is 0 Å². The molecule has 148 valence electrons. The number of aliphatic hydroxyl groups excluding tert-OH is 1. The number of nitriles is 1. The number of carbonyl (C=O) groups excluding carboxylic acids is 1. The number of amides is 1.